The summed E-state index contributed by atoms with van der Waals surface area (Å²) in [7, 11) is 0. The third-order valence-corrected chi connectivity index (χ3v) is 3.83. The zero-order chi connectivity index (χ0) is 18.5. The van der Waals surface area contributed by atoms with Crippen molar-refractivity contribution in [3.8, 4) is 0 Å². The van der Waals surface area contributed by atoms with Gasteiger partial charge in [0.1, 0.15) is 17.5 Å². The highest BCUT2D eigenvalue weighted by Crippen LogP contribution is 2.20. The van der Waals surface area contributed by atoms with Crippen LogP contribution >= 0.6 is 11.6 Å². The van der Waals surface area contributed by atoms with Gasteiger partial charge in [0.25, 0.3) is 5.91 Å². The highest BCUT2D eigenvalue weighted by molar-refractivity contribution is 6.30. The van der Waals surface area contributed by atoms with E-state index in [1.807, 2.05) is 12.1 Å². The Morgan fingerprint density at radius 3 is 2.54 bits per heavy atom. The number of carbonyl (C=O) groups is 1. The number of rotatable bonds is 5. The number of nitrogens with one attached hydrogen (secondary N) is 2. The number of hydrogen-bond acceptors (Lipinski definition) is 3. The van der Waals surface area contributed by atoms with Gasteiger partial charge in [-0.25, -0.2) is 13.8 Å². The summed E-state index contributed by atoms with van der Waals surface area (Å²) in [6.07, 6.45) is 1.43. The van der Waals surface area contributed by atoms with Crippen molar-refractivity contribution in [1.29, 1.82) is 0 Å². The first-order valence-corrected chi connectivity index (χ1v) is 8.10. The number of aromatic nitrogens is 1. The number of carbonyl (C=O) groups excluding carboxylic acids is 1. The van der Waals surface area contributed by atoms with Crippen molar-refractivity contribution in [2.45, 2.75) is 6.54 Å². The predicted octanol–water partition coefficient (Wildman–Crippen LogP) is 4.69. The summed E-state index contributed by atoms with van der Waals surface area (Å²) in [5.74, 6) is -1.44. The van der Waals surface area contributed by atoms with Crippen molar-refractivity contribution < 1.29 is 13.6 Å². The number of hydrogen-bond donors (Lipinski definition) is 2. The van der Waals surface area contributed by atoms with E-state index in [-0.39, 0.29) is 17.4 Å². The SMILES string of the molecule is O=C(NCc1ccc(Cl)cc1)c1ccnc(Nc2ccc(F)cc2F)c1. The Labute approximate surface area is 153 Å². The molecule has 2 aromatic carbocycles. The van der Waals surface area contributed by atoms with E-state index >= 15 is 0 Å². The first-order valence-electron chi connectivity index (χ1n) is 7.72. The van der Waals surface area contributed by atoms with Gasteiger partial charge in [0.2, 0.25) is 0 Å². The maximum absolute atomic E-state index is 13.7. The van der Waals surface area contributed by atoms with Crippen molar-refractivity contribution in [1.82, 2.24) is 10.3 Å². The molecule has 0 unspecified atom stereocenters. The molecule has 26 heavy (non-hydrogen) atoms. The molecule has 0 fully saturated rings. The molecular formula is C19H14ClF2N3O. The molecule has 0 saturated heterocycles. The van der Waals surface area contributed by atoms with Crippen molar-refractivity contribution in [2.24, 2.45) is 0 Å². The molecule has 0 aliphatic rings. The van der Waals surface area contributed by atoms with E-state index in [4.69, 9.17) is 11.6 Å². The van der Waals surface area contributed by atoms with E-state index in [0.29, 0.717) is 17.1 Å². The molecule has 0 aliphatic heterocycles. The Morgan fingerprint density at radius 2 is 1.81 bits per heavy atom. The summed E-state index contributed by atoms with van der Waals surface area (Å²) in [6.45, 7) is 0.341. The van der Waals surface area contributed by atoms with Gasteiger partial charge in [0, 0.05) is 29.4 Å². The van der Waals surface area contributed by atoms with Crippen LogP contribution in [0.25, 0.3) is 0 Å². The summed E-state index contributed by atoms with van der Waals surface area (Å²) in [5, 5.41) is 6.13. The van der Waals surface area contributed by atoms with Gasteiger partial charge < -0.3 is 10.6 Å². The van der Waals surface area contributed by atoms with Crippen LogP contribution < -0.4 is 10.6 Å². The number of benzene rings is 2. The summed E-state index contributed by atoms with van der Waals surface area (Å²) >= 11 is 5.83. The van der Waals surface area contributed by atoms with E-state index < -0.39 is 11.6 Å². The Balaban J connectivity index is 1.68. The normalized spacial score (nSPS) is 10.4. The van der Waals surface area contributed by atoms with Crippen molar-refractivity contribution >= 4 is 29.0 Å². The fourth-order valence-electron chi connectivity index (χ4n) is 2.26. The highest BCUT2D eigenvalue weighted by Gasteiger charge is 2.09. The quantitative estimate of drug-likeness (QED) is 0.682. The van der Waals surface area contributed by atoms with E-state index in [2.05, 4.69) is 15.6 Å². The van der Waals surface area contributed by atoms with E-state index in [9.17, 15) is 13.6 Å². The van der Waals surface area contributed by atoms with Gasteiger partial charge in [0.15, 0.2) is 0 Å². The van der Waals surface area contributed by atoms with Gasteiger partial charge >= 0.3 is 0 Å². The second-order valence-electron chi connectivity index (χ2n) is 5.49. The summed E-state index contributed by atoms with van der Waals surface area (Å²) in [6, 6.07) is 13.3. The molecule has 0 aliphatic carbocycles. The molecule has 1 amide bonds. The Hall–Kier alpha value is -2.99. The molecule has 0 radical (unpaired) electrons. The fourth-order valence-corrected chi connectivity index (χ4v) is 2.38. The number of halogens is 3. The minimum absolute atomic E-state index is 0.0672. The minimum atomic E-state index is -0.746. The maximum atomic E-state index is 13.7. The summed E-state index contributed by atoms with van der Waals surface area (Å²) in [4.78, 5) is 16.3. The molecule has 1 aromatic heterocycles. The van der Waals surface area contributed by atoms with E-state index in [0.717, 1.165) is 17.7 Å². The molecule has 132 valence electrons. The molecule has 0 bridgehead atoms. The van der Waals surface area contributed by atoms with Crippen LogP contribution in [-0.2, 0) is 6.54 Å². The summed E-state index contributed by atoms with van der Waals surface area (Å²) in [5.41, 5.74) is 1.33. The average molecular weight is 374 g/mol. The zero-order valence-corrected chi connectivity index (χ0v) is 14.2. The smallest absolute Gasteiger partial charge is 0.251 e. The van der Waals surface area contributed by atoms with Crippen LogP contribution in [-0.4, -0.2) is 10.9 Å². The first-order chi connectivity index (χ1) is 12.5. The lowest BCUT2D eigenvalue weighted by Gasteiger charge is -2.09. The average Bonchev–Trinajstić information content (AvgIpc) is 2.63. The molecule has 0 spiro atoms. The van der Waals surface area contributed by atoms with Gasteiger partial charge in [0.05, 0.1) is 5.69 Å². The first kappa shape index (κ1) is 17.8. The van der Waals surface area contributed by atoms with Crippen molar-refractivity contribution in [2.75, 3.05) is 5.32 Å². The molecule has 1 heterocycles. The monoisotopic (exact) mass is 373 g/mol. The lowest BCUT2D eigenvalue weighted by atomic mass is 10.2. The molecule has 7 heteroatoms. The van der Waals surface area contributed by atoms with E-state index in [1.54, 1.807) is 18.2 Å². The number of nitrogens with zero attached hydrogens (tertiary/aromatic N) is 1. The van der Waals surface area contributed by atoms with Gasteiger partial charge in [-0.1, -0.05) is 23.7 Å². The van der Waals surface area contributed by atoms with Crippen LogP contribution in [0.1, 0.15) is 15.9 Å². The molecule has 0 atom stereocenters. The van der Waals surface area contributed by atoms with Crippen LogP contribution in [0.4, 0.5) is 20.3 Å². The zero-order valence-electron chi connectivity index (χ0n) is 13.5. The Bertz CT molecular complexity index is 932. The van der Waals surface area contributed by atoms with Gasteiger partial charge in [-0.15, -0.1) is 0 Å². The predicted molar refractivity (Wildman–Crippen MR) is 96.5 cm³/mol. The van der Waals surface area contributed by atoms with Crippen LogP contribution in [0.15, 0.2) is 60.8 Å². The van der Waals surface area contributed by atoms with Gasteiger partial charge in [-0.05, 0) is 42.0 Å². The lowest BCUT2D eigenvalue weighted by Crippen LogP contribution is -2.22. The molecule has 2 N–H and O–H groups in total. The van der Waals surface area contributed by atoms with Crippen LogP contribution in [0.5, 0.6) is 0 Å². The second kappa shape index (κ2) is 7.93. The molecule has 3 aromatic rings. The largest absolute Gasteiger partial charge is 0.348 e. The van der Waals surface area contributed by atoms with Crippen molar-refractivity contribution in [3.05, 3.63) is 88.6 Å². The molecule has 4 nitrogen and oxygen atoms in total. The Kier molecular flexibility index (Phi) is 5.43. The van der Waals surface area contributed by atoms with Crippen LogP contribution in [0, 0.1) is 11.6 Å². The third-order valence-electron chi connectivity index (χ3n) is 3.58. The lowest BCUT2D eigenvalue weighted by molar-refractivity contribution is 0.0951. The maximum Gasteiger partial charge on any atom is 0.251 e. The fraction of sp³-hybridized carbons (Fsp3) is 0.0526. The summed E-state index contributed by atoms with van der Waals surface area (Å²) < 4.78 is 26.7. The van der Waals surface area contributed by atoms with Crippen molar-refractivity contribution in [3.63, 3.8) is 0 Å². The standard InChI is InChI=1S/C19H14ClF2N3O/c20-14-3-1-12(2-4-14)11-24-19(26)13-7-8-23-18(9-13)25-17-6-5-15(21)10-16(17)22/h1-10H,11H2,(H,23,25)(H,24,26). The highest BCUT2D eigenvalue weighted by atomic mass is 35.5. The molecular weight excluding hydrogens is 360 g/mol. The topological polar surface area (TPSA) is 54.0 Å². The number of amides is 1. The Morgan fingerprint density at radius 1 is 1.04 bits per heavy atom. The number of pyridine rings is 1. The van der Waals surface area contributed by atoms with E-state index in [1.165, 1.54) is 18.3 Å². The van der Waals surface area contributed by atoms with Crippen LogP contribution in [0.2, 0.25) is 5.02 Å². The molecule has 3 rings (SSSR count). The third kappa shape index (κ3) is 4.55. The molecule has 0 saturated carbocycles. The van der Waals surface area contributed by atoms with Gasteiger partial charge in [-0.3, -0.25) is 4.79 Å². The number of anilines is 2. The van der Waals surface area contributed by atoms with Gasteiger partial charge in [-0.2, -0.15) is 0 Å². The minimum Gasteiger partial charge on any atom is -0.348 e. The second-order valence-corrected chi connectivity index (χ2v) is 5.92. The van der Waals surface area contributed by atoms with Crippen LogP contribution in [0.3, 0.4) is 0 Å².